The van der Waals surface area contributed by atoms with Crippen LogP contribution in [0.2, 0.25) is 0 Å². The van der Waals surface area contributed by atoms with Gasteiger partial charge in [-0.3, -0.25) is 4.57 Å². The molecule has 2 rings (SSSR count). The second-order valence-electron chi connectivity index (χ2n) is 3.75. The predicted octanol–water partition coefficient (Wildman–Crippen LogP) is -0.113. The quantitative estimate of drug-likeness (QED) is 0.563. The van der Waals surface area contributed by atoms with E-state index >= 15 is 0 Å². The zero-order chi connectivity index (χ0) is 12.6. The molecule has 1 saturated heterocycles. The molecule has 0 spiro atoms. The molecule has 0 amide bonds. The number of aromatic nitrogens is 2. The molecule has 94 valence electrons. The lowest BCUT2D eigenvalue weighted by molar-refractivity contribution is -0.0541. The van der Waals surface area contributed by atoms with E-state index in [4.69, 9.17) is 34.3 Å². The van der Waals surface area contributed by atoms with Gasteiger partial charge in [0.2, 0.25) is 0 Å². The Morgan fingerprint density at radius 2 is 2.06 bits per heavy atom. The fourth-order valence-corrected chi connectivity index (χ4v) is 2.23. The van der Waals surface area contributed by atoms with E-state index in [-0.39, 0.29) is 11.4 Å². The maximum atomic E-state index is 9.81. The van der Waals surface area contributed by atoms with E-state index in [9.17, 15) is 10.2 Å². The van der Waals surface area contributed by atoms with E-state index in [1.165, 1.54) is 4.57 Å². The minimum atomic E-state index is -1.15. The third-order valence-electron chi connectivity index (χ3n) is 2.64. The van der Waals surface area contributed by atoms with Gasteiger partial charge in [0.15, 0.2) is 11.0 Å². The van der Waals surface area contributed by atoms with E-state index < -0.39 is 24.5 Å². The molecule has 0 saturated carbocycles. The zero-order valence-electron chi connectivity index (χ0n) is 8.68. The number of H-pyrrole nitrogens is 1. The molecule has 6 nitrogen and oxygen atoms in total. The van der Waals surface area contributed by atoms with Crippen LogP contribution in [0.3, 0.4) is 0 Å². The van der Waals surface area contributed by atoms with Gasteiger partial charge < -0.3 is 25.0 Å². The fourth-order valence-electron chi connectivity index (χ4n) is 1.74. The Morgan fingerprint density at radius 1 is 1.35 bits per heavy atom. The lowest BCUT2D eigenvalue weighted by Gasteiger charge is -2.18. The molecule has 1 aliphatic heterocycles. The molecule has 0 radical (unpaired) electrons. The van der Waals surface area contributed by atoms with Gasteiger partial charge in [0, 0.05) is 6.20 Å². The van der Waals surface area contributed by atoms with Gasteiger partial charge >= 0.3 is 0 Å². The van der Waals surface area contributed by atoms with Gasteiger partial charge in [0.05, 0.1) is 6.61 Å². The maximum Gasteiger partial charge on any atom is 0.180 e. The summed E-state index contributed by atoms with van der Waals surface area (Å²) in [5.74, 6) is 0. The Labute approximate surface area is 107 Å². The molecular weight excluding hydrogens is 264 g/mol. The summed E-state index contributed by atoms with van der Waals surface area (Å²) in [5, 5.41) is 28.4. The third-order valence-corrected chi connectivity index (χ3v) is 3.19. The van der Waals surface area contributed by atoms with Crippen LogP contribution in [-0.2, 0) is 4.74 Å². The van der Waals surface area contributed by atoms with Crippen molar-refractivity contribution in [3.8, 4) is 0 Å². The number of hydrogen-bond acceptors (Lipinski definition) is 6. The molecule has 1 aliphatic rings. The van der Waals surface area contributed by atoms with Crippen molar-refractivity contribution >= 4 is 24.4 Å². The Kier molecular flexibility index (Phi) is 3.71. The van der Waals surface area contributed by atoms with Crippen LogP contribution < -0.4 is 0 Å². The summed E-state index contributed by atoms with van der Waals surface area (Å²) in [6.07, 6.45) is -2.37. The summed E-state index contributed by atoms with van der Waals surface area (Å²) < 4.78 is 7.54. The van der Waals surface area contributed by atoms with E-state index in [0.29, 0.717) is 4.64 Å². The molecule has 0 aliphatic carbocycles. The van der Waals surface area contributed by atoms with Crippen molar-refractivity contribution in [3.63, 3.8) is 0 Å². The number of aromatic amines is 1. The van der Waals surface area contributed by atoms with Gasteiger partial charge in [-0.25, -0.2) is 0 Å². The summed E-state index contributed by atoms with van der Waals surface area (Å²) in [6.45, 7) is -0.370. The first-order chi connectivity index (χ1) is 8.04. The van der Waals surface area contributed by atoms with Crippen molar-refractivity contribution in [2.45, 2.75) is 24.5 Å². The average Bonchev–Trinajstić information content (AvgIpc) is 2.57. The molecule has 17 heavy (non-hydrogen) atoms. The van der Waals surface area contributed by atoms with Gasteiger partial charge in [0.25, 0.3) is 0 Å². The van der Waals surface area contributed by atoms with Crippen LogP contribution in [0.1, 0.15) is 6.23 Å². The number of rotatable bonds is 2. The van der Waals surface area contributed by atoms with Crippen LogP contribution in [-0.4, -0.2) is 49.8 Å². The highest BCUT2D eigenvalue weighted by molar-refractivity contribution is 7.72. The first kappa shape index (κ1) is 12.8. The van der Waals surface area contributed by atoms with Crippen LogP contribution in [0, 0.1) is 9.41 Å². The van der Waals surface area contributed by atoms with Crippen LogP contribution in [0.4, 0.5) is 0 Å². The number of nitrogens with zero attached hydrogens (tertiary/aromatic N) is 1. The first-order valence-electron chi connectivity index (χ1n) is 4.98. The Bertz CT molecular complexity index is 514. The molecule has 1 fully saturated rings. The third kappa shape index (κ3) is 2.32. The molecule has 2 heterocycles. The highest BCUT2D eigenvalue weighted by atomic mass is 32.1. The minimum Gasteiger partial charge on any atom is -0.394 e. The molecule has 4 unspecified atom stereocenters. The van der Waals surface area contributed by atoms with Crippen molar-refractivity contribution < 1.29 is 20.1 Å². The predicted molar refractivity (Wildman–Crippen MR) is 63.5 cm³/mol. The Balaban J connectivity index is 2.35. The van der Waals surface area contributed by atoms with E-state index in [0.717, 1.165) is 0 Å². The second-order valence-corrected chi connectivity index (χ2v) is 4.57. The molecule has 1 aromatic heterocycles. The van der Waals surface area contributed by atoms with E-state index in [1.807, 2.05) is 0 Å². The van der Waals surface area contributed by atoms with Gasteiger partial charge in [0.1, 0.15) is 23.0 Å². The van der Waals surface area contributed by atoms with Crippen LogP contribution in [0.15, 0.2) is 12.3 Å². The van der Waals surface area contributed by atoms with Gasteiger partial charge in [-0.15, -0.1) is 0 Å². The summed E-state index contributed by atoms with van der Waals surface area (Å²) in [6, 6.07) is 1.60. The largest absolute Gasteiger partial charge is 0.394 e. The maximum absolute atomic E-state index is 9.81. The van der Waals surface area contributed by atoms with Gasteiger partial charge in [-0.05, 0) is 18.3 Å². The average molecular weight is 276 g/mol. The molecule has 0 aromatic carbocycles. The zero-order valence-corrected chi connectivity index (χ0v) is 10.3. The SMILES string of the molecule is OCC1OC(n2ccc(=S)[nH]c2=S)C(O)C1O. The number of aliphatic hydroxyl groups is 3. The summed E-state index contributed by atoms with van der Waals surface area (Å²) >= 11 is 9.95. The highest BCUT2D eigenvalue weighted by Gasteiger charge is 2.43. The van der Waals surface area contributed by atoms with Crippen molar-refractivity contribution in [3.05, 3.63) is 21.7 Å². The van der Waals surface area contributed by atoms with Crippen molar-refractivity contribution in [1.82, 2.24) is 9.55 Å². The number of ether oxygens (including phenoxy) is 1. The van der Waals surface area contributed by atoms with Crippen LogP contribution in [0.25, 0.3) is 0 Å². The monoisotopic (exact) mass is 276 g/mol. The molecule has 8 heteroatoms. The van der Waals surface area contributed by atoms with E-state index in [2.05, 4.69) is 4.98 Å². The van der Waals surface area contributed by atoms with Crippen LogP contribution >= 0.6 is 24.4 Å². The molecule has 4 atom stereocenters. The lowest BCUT2D eigenvalue weighted by atomic mass is 10.1. The topological polar surface area (TPSA) is 90.6 Å². The van der Waals surface area contributed by atoms with Crippen LogP contribution in [0.5, 0.6) is 0 Å². The van der Waals surface area contributed by atoms with E-state index in [1.54, 1.807) is 12.3 Å². The minimum absolute atomic E-state index is 0.285. The smallest absolute Gasteiger partial charge is 0.180 e. The normalized spacial score (nSPS) is 32.9. The number of nitrogens with one attached hydrogen (secondary N) is 1. The summed E-state index contributed by atoms with van der Waals surface area (Å²) in [7, 11) is 0. The molecular formula is C9H12N2O4S2. The lowest BCUT2D eigenvalue weighted by Crippen LogP contribution is -2.33. The fraction of sp³-hybridized carbons (Fsp3) is 0.556. The van der Waals surface area contributed by atoms with Gasteiger partial charge in [-0.1, -0.05) is 12.2 Å². The Hall–Kier alpha value is -0.640. The second kappa shape index (κ2) is 4.92. The highest BCUT2D eigenvalue weighted by Crippen LogP contribution is 2.28. The standard InChI is InChI=1S/C9H12N2O4S2/c12-3-4-6(13)7(14)8(15-4)11-2-1-5(16)10-9(11)17/h1-2,4,6-8,12-14H,3H2,(H,10,16,17). The van der Waals surface area contributed by atoms with Crippen molar-refractivity contribution in [2.24, 2.45) is 0 Å². The molecule has 1 aromatic rings. The molecule has 0 bridgehead atoms. The summed E-state index contributed by atoms with van der Waals surface area (Å²) in [5.41, 5.74) is 0. The number of hydrogen-bond donors (Lipinski definition) is 4. The van der Waals surface area contributed by atoms with Gasteiger partial charge in [-0.2, -0.15) is 0 Å². The summed E-state index contributed by atoms with van der Waals surface area (Å²) in [4.78, 5) is 2.74. The first-order valence-corrected chi connectivity index (χ1v) is 5.80. The van der Waals surface area contributed by atoms with Crippen molar-refractivity contribution in [2.75, 3.05) is 6.61 Å². The Morgan fingerprint density at radius 3 is 2.59 bits per heavy atom. The number of aliphatic hydroxyl groups excluding tert-OH is 3. The van der Waals surface area contributed by atoms with Crippen molar-refractivity contribution in [1.29, 1.82) is 0 Å². The molecule has 4 N–H and O–H groups in total.